The summed E-state index contributed by atoms with van der Waals surface area (Å²) in [6.07, 6.45) is 5.69. The van der Waals surface area contributed by atoms with Gasteiger partial charge in [-0.05, 0) is 61.1 Å². The summed E-state index contributed by atoms with van der Waals surface area (Å²) in [6.45, 7) is 3.98. The molecule has 1 aliphatic rings. The average molecular weight is 779 g/mol. The highest BCUT2D eigenvalue weighted by molar-refractivity contribution is 5.86. The van der Waals surface area contributed by atoms with Gasteiger partial charge in [0.25, 0.3) is 0 Å². The first kappa shape index (κ1) is 42.3. The fourth-order valence-corrected chi connectivity index (χ4v) is 6.55. The van der Waals surface area contributed by atoms with E-state index >= 15 is 0 Å². The minimum atomic E-state index is -0.848. The fourth-order valence-electron chi connectivity index (χ4n) is 6.55. The van der Waals surface area contributed by atoms with E-state index < -0.39 is 48.6 Å². The lowest BCUT2D eigenvalue weighted by atomic mass is 9.95. The molecule has 5 rings (SSSR count). The molecular weight excluding hydrogens is 725 g/mol. The number of carbonyl (C=O) groups is 4. The molecule has 302 valence electrons. The summed E-state index contributed by atoms with van der Waals surface area (Å²) in [5.41, 5.74) is 3.16. The summed E-state index contributed by atoms with van der Waals surface area (Å²) in [4.78, 5) is 62.1. The largest absolute Gasteiger partial charge is 0.443 e. The van der Waals surface area contributed by atoms with Gasteiger partial charge in [-0.25, -0.2) is 9.59 Å². The van der Waals surface area contributed by atoms with Crippen molar-refractivity contribution >= 4 is 24.0 Å². The van der Waals surface area contributed by atoms with E-state index in [2.05, 4.69) is 31.2 Å². The lowest BCUT2D eigenvalue weighted by molar-refractivity contribution is -0.125. The Hall–Kier alpha value is -5.82. The standard InChI is InChI=1S/C44H54N6O7/c1-3-5-23-35(49-43(53)55-29-33-21-13-15-25-45-33)41(51)47-37(27-31-17-9-7-10-18-31)39-40(57-39)38(28-32-19-11-8-12-20-32)48-42(52)36(24-6-4-2)50-44(54)56-30-34-22-14-16-26-46-34/h7-22,25-26,35-40H,3-6,23-24,27-30H2,1-2H3,(H,47,51)(H,48,52)(H,49,53)(H,50,54)/t35-,36-,37-,38-,39-,40+/m0/s1. The van der Waals surface area contributed by atoms with Crippen molar-refractivity contribution in [2.75, 3.05) is 0 Å². The van der Waals surface area contributed by atoms with E-state index in [1.54, 1.807) is 48.8 Å². The number of nitrogens with zero attached hydrogens (tertiary/aromatic N) is 2. The van der Waals surface area contributed by atoms with E-state index in [0.29, 0.717) is 49.9 Å². The van der Waals surface area contributed by atoms with Crippen LogP contribution < -0.4 is 21.3 Å². The molecule has 0 radical (unpaired) electrons. The number of epoxide rings is 1. The molecule has 4 amide bonds. The van der Waals surface area contributed by atoms with Crippen LogP contribution in [0, 0.1) is 0 Å². The van der Waals surface area contributed by atoms with Crippen LogP contribution in [0.2, 0.25) is 0 Å². The Morgan fingerprint density at radius 2 is 0.982 bits per heavy atom. The van der Waals surface area contributed by atoms with Crippen LogP contribution in [0.15, 0.2) is 109 Å². The third-order valence-corrected chi connectivity index (χ3v) is 9.67. The Morgan fingerprint density at radius 1 is 0.579 bits per heavy atom. The number of ether oxygens (including phenoxy) is 3. The number of unbranched alkanes of at least 4 members (excludes halogenated alkanes) is 2. The van der Waals surface area contributed by atoms with E-state index in [1.807, 2.05) is 74.5 Å². The molecule has 4 N–H and O–H groups in total. The number of amides is 4. The maximum atomic E-state index is 14.0. The molecule has 0 aliphatic carbocycles. The Morgan fingerprint density at radius 3 is 1.35 bits per heavy atom. The zero-order valence-corrected chi connectivity index (χ0v) is 32.7. The van der Waals surface area contributed by atoms with Crippen molar-refractivity contribution in [1.29, 1.82) is 0 Å². The number of pyridine rings is 2. The van der Waals surface area contributed by atoms with E-state index in [4.69, 9.17) is 14.2 Å². The third kappa shape index (κ3) is 14.3. The summed E-state index contributed by atoms with van der Waals surface area (Å²) in [7, 11) is 0. The maximum Gasteiger partial charge on any atom is 0.408 e. The second kappa shape index (κ2) is 22.7. The molecule has 1 saturated heterocycles. The van der Waals surface area contributed by atoms with Gasteiger partial charge < -0.3 is 35.5 Å². The Bertz CT molecular complexity index is 1690. The zero-order chi connectivity index (χ0) is 40.2. The van der Waals surface area contributed by atoms with Gasteiger partial charge in [-0.2, -0.15) is 0 Å². The normalized spacial score (nSPS) is 16.5. The molecule has 57 heavy (non-hydrogen) atoms. The van der Waals surface area contributed by atoms with Crippen LogP contribution in [0.4, 0.5) is 9.59 Å². The summed E-state index contributed by atoms with van der Waals surface area (Å²) in [5.74, 6) is -0.713. The number of rotatable bonds is 22. The highest BCUT2D eigenvalue weighted by Crippen LogP contribution is 2.32. The van der Waals surface area contributed by atoms with Gasteiger partial charge in [-0.1, -0.05) is 112 Å². The van der Waals surface area contributed by atoms with Crippen LogP contribution in [0.25, 0.3) is 0 Å². The molecule has 0 saturated carbocycles. The molecule has 13 heteroatoms. The summed E-state index contributed by atoms with van der Waals surface area (Å²) in [5, 5.41) is 11.9. The number of alkyl carbamates (subject to hydrolysis) is 2. The molecule has 2 aromatic carbocycles. The van der Waals surface area contributed by atoms with Crippen LogP contribution in [-0.4, -0.2) is 70.3 Å². The molecule has 4 aromatic rings. The van der Waals surface area contributed by atoms with Crippen LogP contribution in [0.5, 0.6) is 0 Å². The molecule has 0 spiro atoms. The second-order valence-electron chi connectivity index (χ2n) is 14.1. The Kier molecular flexibility index (Phi) is 16.8. The topological polar surface area (TPSA) is 173 Å². The maximum absolute atomic E-state index is 14.0. The summed E-state index contributed by atoms with van der Waals surface area (Å²) >= 11 is 0. The van der Waals surface area contributed by atoms with Crippen molar-refractivity contribution in [2.45, 2.75) is 115 Å². The highest BCUT2D eigenvalue weighted by Gasteiger charge is 2.51. The van der Waals surface area contributed by atoms with Gasteiger partial charge in [-0.3, -0.25) is 19.6 Å². The zero-order valence-electron chi connectivity index (χ0n) is 32.7. The summed E-state index contributed by atoms with van der Waals surface area (Å²) in [6, 6.07) is 27.5. The van der Waals surface area contributed by atoms with Crippen LogP contribution >= 0.6 is 0 Å². The number of benzene rings is 2. The molecule has 6 atom stereocenters. The minimum Gasteiger partial charge on any atom is -0.443 e. The first-order chi connectivity index (χ1) is 27.8. The number of nitrogens with one attached hydrogen (secondary N) is 4. The second-order valence-corrected chi connectivity index (χ2v) is 14.1. The van der Waals surface area contributed by atoms with E-state index in [9.17, 15) is 19.2 Å². The predicted molar refractivity (Wildman–Crippen MR) is 215 cm³/mol. The highest BCUT2D eigenvalue weighted by atomic mass is 16.6. The van der Waals surface area contributed by atoms with Gasteiger partial charge >= 0.3 is 12.2 Å². The van der Waals surface area contributed by atoms with Crippen LogP contribution in [0.3, 0.4) is 0 Å². The monoisotopic (exact) mass is 778 g/mol. The first-order valence-electron chi connectivity index (χ1n) is 19.8. The Labute approximate surface area is 334 Å². The predicted octanol–water partition coefficient (Wildman–Crippen LogP) is 5.97. The molecular formula is C44H54N6O7. The van der Waals surface area contributed by atoms with Gasteiger partial charge in [0.05, 0.1) is 23.5 Å². The van der Waals surface area contributed by atoms with Gasteiger partial charge in [0.1, 0.15) is 37.5 Å². The van der Waals surface area contributed by atoms with E-state index in [-0.39, 0.29) is 25.0 Å². The van der Waals surface area contributed by atoms with Crippen molar-refractivity contribution in [3.05, 3.63) is 132 Å². The van der Waals surface area contributed by atoms with Crippen molar-refractivity contribution in [3.63, 3.8) is 0 Å². The lowest BCUT2D eigenvalue weighted by Crippen LogP contribution is -2.54. The molecule has 3 heterocycles. The molecule has 13 nitrogen and oxygen atoms in total. The van der Waals surface area contributed by atoms with Crippen molar-refractivity contribution < 1.29 is 33.4 Å². The number of hydrogen-bond acceptors (Lipinski definition) is 9. The first-order valence-corrected chi connectivity index (χ1v) is 19.8. The van der Waals surface area contributed by atoms with E-state index in [0.717, 1.165) is 24.0 Å². The fraction of sp³-hybridized carbons (Fsp3) is 0.409. The van der Waals surface area contributed by atoms with E-state index in [1.165, 1.54) is 0 Å². The summed E-state index contributed by atoms with van der Waals surface area (Å²) < 4.78 is 17.2. The molecule has 2 aromatic heterocycles. The quantitative estimate of drug-likeness (QED) is 0.0702. The van der Waals surface area contributed by atoms with Gasteiger partial charge in [0, 0.05) is 12.4 Å². The molecule has 1 fully saturated rings. The van der Waals surface area contributed by atoms with Gasteiger partial charge in [0.15, 0.2) is 0 Å². The molecule has 0 unspecified atom stereocenters. The Balaban J connectivity index is 1.30. The minimum absolute atomic E-state index is 0.0291. The lowest BCUT2D eigenvalue weighted by Gasteiger charge is -2.25. The number of aromatic nitrogens is 2. The van der Waals surface area contributed by atoms with Crippen LogP contribution in [0.1, 0.15) is 74.9 Å². The molecule has 1 aliphatic heterocycles. The SMILES string of the molecule is CCCC[C@H](NC(=O)OCc1ccccn1)C(=O)N[C@@H](Cc1ccccc1)[C@@H]1O[C@@H]1[C@H](Cc1ccccc1)NC(=O)[C@H](CCCC)NC(=O)OCc1ccccn1. The molecule has 0 bridgehead atoms. The van der Waals surface area contributed by atoms with Gasteiger partial charge in [-0.15, -0.1) is 0 Å². The van der Waals surface area contributed by atoms with Crippen LogP contribution in [-0.2, 0) is 49.9 Å². The number of carbonyl (C=O) groups excluding carboxylic acids is 4. The van der Waals surface area contributed by atoms with Crippen molar-refractivity contribution in [3.8, 4) is 0 Å². The van der Waals surface area contributed by atoms with Crippen molar-refractivity contribution in [1.82, 2.24) is 31.2 Å². The third-order valence-electron chi connectivity index (χ3n) is 9.67. The van der Waals surface area contributed by atoms with Crippen molar-refractivity contribution in [2.24, 2.45) is 0 Å². The number of hydrogen-bond donors (Lipinski definition) is 4. The smallest absolute Gasteiger partial charge is 0.408 e. The average Bonchev–Trinajstić information content (AvgIpc) is 4.04. The van der Waals surface area contributed by atoms with Gasteiger partial charge in [0.2, 0.25) is 11.8 Å².